The van der Waals surface area contributed by atoms with Gasteiger partial charge in [0.2, 0.25) is 0 Å². The summed E-state index contributed by atoms with van der Waals surface area (Å²) in [5.74, 6) is 0.805. The summed E-state index contributed by atoms with van der Waals surface area (Å²) in [4.78, 5) is 5.53. The molecule has 0 saturated heterocycles. The molecule has 0 unspecified atom stereocenters. The number of hydrogen-bond acceptors (Lipinski definition) is 4. The van der Waals surface area contributed by atoms with Crippen molar-refractivity contribution in [2.45, 2.75) is 20.1 Å². The van der Waals surface area contributed by atoms with Gasteiger partial charge in [0.05, 0.1) is 11.9 Å². The molecule has 0 spiro atoms. The zero-order valence-electron chi connectivity index (χ0n) is 10.1. The van der Waals surface area contributed by atoms with Gasteiger partial charge in [-0.1, -0.05) is 6.92 Å². The predicted molar refractivity (Wildman–Crippen MR) is 78.0 cm³/mol. The van der Waals surface area contributed by atoms with Gasteiger partial charge in [-0.25, -0.2) is 0 Å². The van der Waals surface area contributed by atoms with Crippen LogP contribution in [-0.2, 0) is 13.2 Å². The quantitative estimate of drug-likeness (QED) is 0.880. The number of ether oxygens (including phenoxy) is 1. The van der Waals surface area contributed by atoms with Crippen molar-refractivity contribution in [3.63, 3.8) is 0 Å². The van der Waals surface area contributed by atoms with Crippen LogP contribution in [-0.4, -0.2) is 11.5 Å². The van der Waals surface area contributed by atoms with Crippen LogP contribution >= 0.6 is 27.3 Å². The van der Waals surface area contributed by atoms with Gasteiger partial charge in [0.25, 0.3) is 0 Å². The standard InChI is InChI=1S/C13H15BrN2OS/c1-2-15-6-11-3-4-12(7-16-11)17-8-13-5-10(14)9-18-13/h3-5,7,9,15H,2,6,8H2,1H3. The number of halogens is 1. The Morgan fingerprint density at radius 1 is 1.44 bits per heavy atom. The third-order valence-corrected chi connectivity index (χ3v) is 4.03. The number of pyridine rings is 1. The molecule has 0 atom stereocenters. The molecule has 3 nitrogen and oxygen atoms in total. The van der Waals surface area contributed by atoms with E-state index in [4.69, 9.17) is 4.74 Å². The maximum absolute atomic E-state index is 5.67. The molecule has 0 aliphatic heterocycles. The van der Waals surface area contributed by atoms with E-state index in [1.54, 1.807) is 17.5 Å². The van der Waals surface area contributed by atoms with Crippen LogP contribution in [0.5, 0.6) is 5.75 Å². The number of rotatable bonds is 6. The Morgan fingerprint density at radius 3 is 2.94 bits per heavy atom. The Morgan fingerprint density at radius 2 is 2.33 bits per heavy atom. The number of nitrogens with zero attached hydrogens (tertiary/aromatic N) is 1. The molecule has 2 aromatic heterocycles. The van der Waals surface area contributed by atoms with Crippen molar-refractivity contribution in [1.29, 1.82) is 0 Å². The van der Waals surface area contributed by atoms with Crippen molar-refractivity contribution >= 4 is 27.3 Å². The molecular weight excluding hydrogens is 312 g/mol. The second-order valence-corrected chi connectivity index (χ2v) is 5.70. The van der Waals surface area contributed by atoms with Gasteiger partial charge in [-0.2, -0.15) is 0 Å². The maximum Gasteiger partial charge on any atom is 0.138 e. The van der Waals surface area contributed by atoms with Crippen molar-refractivity contribution in [2.24, 2.45) is 0 Å². The second kappa shape index (κ2) is 6.87. The van der Waals surface area contributed by atoms with E-state index in [0.717, 1.165) is 29.0 Å². The Kier molecular flexibility index (Phi) is 5.16. The van der Waals surface area contributed by atoms with Crippen LogP contribution < -0.4 is 10.1 Å². The first-order valence-corrected chi connectivity index (χ1v) is 7.46. The number of nitrogens with one attached hydrogen (secondary N) is 1. The first-order chi connectivity index (χ1) is 8.78. The number of aromatic nitrogens is 1. The normalized spacial score (nSPS) is 10.6. The molecule has 0 radical (unpaired) electrons. The van der Waals surface area contributed by atoms with Gasteiger partial charge in [0, 0.05) is 21.3 Å². The molecule has 2 rings (SSSR count). The molecule has 0 bridgehead atoms. The van der Waals surface area contributed by atoms with Crippen LogP contribution in [0.1, 0.15) is 17.5 Å². The van der Waals surface area contributed by atoms with E-state index in [1.807, 2.05) is 12.1 Å². The number of thiophene rings is 1. The van der Waals surface area contributed by atoms with E-state index in [9.17, 15) is 0 Å². The Bertz CT molecular complexity index is 484. The largest absolute Gasteiger partial charge is 0.486 e. The van der Waals surface area contributed by atoms with Crippen LogP contribution in [0, 0.1) is 0 Å². The minimum atomic E-state index is 0.588. The van der Waals surface area contributed by atoms with Gasteiger partial charge in [-0.15, -0.1) is 11.3 Å². The first-order valence-electron chi connectivity index (χ1n) is 5.79. The minimum absolute atomic E-state index is 0.588. The fraction of sp³-hybridized carbons (Fsp3) is 0.308. The molecule has 0 aliphatic rings. The summed E-state index contributed by atoms with van der Waals surface area (Å²) < 4.78 is 6.77. The molecule has 96 valence electrons. The zero-order chi connectivity index (χ0) is 12.8. The highest BCUT2D eigenvalue weighted by Crippen LogP contribution is 2.21. The molecule has 0 aromatic carbocycles. The maximum atomic E-state index is 5.67. The lowest BCUT2D eigenvalue weighted by Gasteiger charge is -2.05. The van der Waals surface area contributed by atoms with E-state index in [2.05, 4.69) is 44.6 Å². The fourth-order valence-electron chi connectivity index (χ4n) is 1.44. The van der Waals surface area contributed by atoms with E-state index in [0.29, 0.717) is 6.61 Å². The summed E-state index contributed by atoms with van der Waals surface area (Å²) >= 11 is 5.11. The predicted octanol–water partition coefficient (Wildman–Crippen LogP) is 3.59. The van der Waals surface area contributed by atoms with Crippen molar-refractivity contribution in [3.05, 3.63) is 44.8 Å². The van der Waals surface area contributed by atoms with Crippen LogP contribution in [0.2, 0.25) is 0 Å². The van der Waals surface area contributed by atoms with E-state index in [-0.39, 0.29) is 0 Å². The molecule has 0 fully saturated rings. The third kappa shape index (κ3) is 4.08. The molecule has 5 heteroatoms. The van der Waals surface area contributed by atoms with Gasteiger partial charge >= 0.3 is 0 Å². The van der Waals surface area contributed by atoms with E-state index < -0.39 is 0 Å². The highest BCUT2D eigenvalue weighted by molar-refractivity contribution is 9.10. The molecule has 2 aromatic rings. The molecule has 1 N–H and O–H groups in total. The summed E-state index contributed by atoms with van der Waals surface area (Å²) in [6, 6.07) is 6.02. The second-order valence-electron chi connectivity index (χ2n) is 3.79. The fourth-order valence-corrected chi connectivity index (χ4v) is 2.80. The minimum Gasteiger partial charge on any atom is -0.486 e. The van der Waals surface area contributed by atoms with Gasteiger partial charge in [0.15, 0.2) is 0 Å². The molecule has 0 aliphatic carbocycles. The summed E-state index contributed by atoms with van der Waals surface area (Å²) in [6.07, 6.45) is 1.77. The van der Waals surface area contributed by atoms with Gasteiger partial charge in [-0.3, -0.25) is 4.98 Å². The van der Waals surface area contributed by atoms with Crippen LogP contribution in [0.3, 0.4) is 0 Å². The third-order valence-electron chi connectivity index (χ3n) is 2.36. The molecular formula is C13H15BrN2OS. The van der Waals surface area contributed by atoms with Crippen LogP contribution in [0.25, 0.3) is 0 Å². The van der Waals surface area contributed by atoms with E-state index >= 15 is 0 Å². The highest BCUT2D eigenvalue weighted by Gasteiger charge is 2.00. The molecule has 18 heavy (non-hydrogen) atoms. The van der Waals surface area contributed by atoms with E-state index in [1.165, 1.54) is 4.88 Å². The van der Waals surface area contributed by atoms with Crippen LogP contribution in [0.4, 0.5) is 0 Å². The Labute approximate surface area is 119 Å². The summed E-state index contributed by atoms with van der Waals surface area (Å²) in [7, 11) is 0. The van der Waals surface area contributed by atoms with Crippen molar-refractivity contribution in [2.75, 3.05) is 6.54 Å². The lowest BCUT2D eigenvalue weighted by atomic mass is 10.3. The average Bonchev–Trinajstić information content (AvgIpc) is 2.81. The first kappa shape index (κ1) is 13.5. The molecule has 0 amide bonds. The Hall–Kier alpha value is -0.910. The average molecular weight is 327 g/mol. The molecule has 2 heterocycles. The SMILES string of the molecule is CCNCc1ccc(OCc2cc(Br)cs2)cn1. The van der Waals surface area contributed by atoms with Crippen molar-refractivity contribution in [1.82, 2.24) is 10.3 Å². The summed E-state index contributed by atoms with van der Waals surface area (Å²) in [5.41, 5.74) is 1.03. The lowest BCUT2D eigenvalue weighted by Crippen LogP contribution is -2.12. The topological polar surface area (TPSA) is 34.1 Å². The monoisotopic (exact) mass is 326 g/mol. The highest BCUT2D eigenvalue weighted by atomic mass is 79.9. The summed E-state index contributed by atoms with van der Waals surface area (Å²) in [5, 5.41) is 5.29. The molecule has 0 saturated carbocycles. The van der Waals surface area contributed by atoms with Gasteiger partial charge < -0.3 is 10.1 Å². The Balaban J connectivity index is 1.86. The lowest BCUT2D eigenvalue weighted by molar-refractivity contribution is 0.308. The van der Waals surface area contributed by atoms with Gasteiger partial charge in [-0.05, 0) is 40.7 Å². The van der Waals surface area contributed by atoms with Crippen molar-refractivity contribution in [3.8, 4) is 5.75 Å². The van der Waals surface area contributed by atoms with Crippen LogP contribution in [0.15, 0.2) is 34.2 Å². The summed E-state index contributed by atoms with van der Waals surface area (Å²) in [6.45, 7) is 4.42. The zero-order valence-corrected chi connectivity index (χ0v) is 12.6. The smallest absolute Gasteiger partial charge is 0.138 e. The number of hydrogen-bond donors (Lipinski definition) is 1. The van der Waals surface area contributed by atoms with Gasteiger partial charge in [0.1, 0.15) is 12.4 Å². The van der Waals surface area contributed by atoms with Crippen molar-refractivity contribution < 1.29 is 4.74 Å².